The number of nitrogens with one attached hydrogen (secondary N) is 1. The van der Waals surface area contributed by atoms with Crippen LogP contribution < -0.4 is 5.32 Å². The molecule has 0 saturated heterocycles. The van der Waals surface area contributed by atoms with Crippen LogP contribution in [0.5, 0.6) is 0 Å². The van der Waals surface area contributed by atoms with Gasteiger partial charge in [0.15, 0.2) is 0 Å². The third-order valence-electron chi connectivity index (χ3n) is 4.12. The lowest BCUT2D eigenvalue weighted by molar-refractivity contribution is -0.00910. The smallest absolute Gasteiger partial charge is 0.0897 e. The van der Waals surface area contributed by atoms with E-state index in [-0.39, 0.29) is 12.2 Å². The van der Waals surface area contributed by atoms with Crippen LogP contribution in [0.4, 0.5) is 0 Å². The van der Waals surface area contributed by atoms with Crippen LogP contribution in [0.3, 0.4) is 0 Å². The van der Waals surface area contributed by atoms with Gasteiger partial charge in [0, 0.05) is 13.1 Å². The SMILES string of the molecule is CC(C)CC(C)OCC(O)CNCC1(C)CCCC1. The highest BCUT2D eigenvalue weighted by atomic mass is 16.5. The third kappa shape index (κ3) is 7.28. The van der Waals surface area contributed by atoms with E-state index < -0.39 is 0 Å². The highest BCUT2D eigenvalue weighted by Gasteiger charge is 2.28. The molecule has 2 atom stereocenters. The van der Waals surface area contributed by atoms with Gasteiger partial charge in [-0.25, -0.2) is 0 Å². The Hall–Kier alpha value is -0.120. The Labute approximate surface area is 119 Å². The van der Waals surface area contributed by atoms with Crippen molar-refractivity contribution in [3.8, 4) is 0 Å². The number of aliphatic hydroxyl groups is 1. The predicted octanol–water partition coefficient (Wildman–Crippen LogP) is 2.97. The lowest BCUT2D eigenvalue weighted by Crippen LogP contribution is -2.37. The molecule has 1 aliphatic rings. The summed E-state index contributed by atoms with van der Waals surface area (Å²) in [5, 5.41) is 13.3. The van der Waals surface area contributed by atoms with E-state index >= 15 is 0 Å². The molecule has 0 aromatic rings. The molecule has 0 spiro atoms. The van der Waals surface area contributed by atoms with E-state index in [1.807, 2.05) is 0 Å². The maximum Gasteiger partial charge on any atom is 0.0897 e. The average molecular weight is 271 g/mol. The number of ether oxygens (including phenoxy) is 1. The van der Waals surface area contributed by atoms with Gasteiger partial charge in [-0.15, -0.1) is 0 Å². The lowest BCUT2D eigenvalue weighted by atomic mass is 9.89. The summed E-state index contributed by atoms with van der Waals surface area (Å²) in [7, 11) is 0. The van der Waals surface area contributed by atoms with E-state index in [0.717, 1.165) is 13.0 Å². The van der Waals surface area contributed by atoms with Crippen LogP contribution in [-0.4, -0.2) is 37.0 Å². The fourth-order valence-electron chi connectivity index (χ4n) is 3.01. The Balaban J connectivity index is 2.06. The molecule has 1 fully saturated rings. The molecule has 0 aromatic carbocycles. The lowest BCUT2D eigenvalue weighted by Gasteiger charge is -2.25. The van der Waals surface area contributed by atoms with Crippen molar-refractivity contribution in [1.29, 1.82) is 0 Å². The molecule has 0 bridgehead atoms. The summed E-state index contributed by atoms with van der Waals surface area (Å²) in [6, 6.07) is 0. The van der Waals surface area contributed by atoms with Crippen LogP contribution in [0.2, 0.25) is 0 Å². The number of hydrogen-bond donors (Lipinski definition) is 2. The largest absolute Gasteiger partial charge is 0.389 e. The predicted molar refractivity (Wildman–Crippen MR) is 80.3 cm³/mol. The standard InChI is InChI=1S/C16H33NO2/c1-13(2)9-14(3)19-11-15(18)10-17-12-16(4)7-5-6-8-16/h13-15,17-18H,5-12H2,1-4H3. The molecule has 0 aliphatic heterocycles. The van der Waals surface area contributed by atoms with E-state index in [4.69, 9.17) is 4.74 Å². The normalized spacial score (nSPS) is 21.8. The van der Waals surface area contributed by atoms with Gasteiger partial charge in [0.2, 0.25) is 0 Å². The molecule has 0 amide bonds. The number of aliphatic hydroxyl groups excluding tert-OH is 1. The molecule has 1 aliphatic carbocycles. The van der Waals surface area contributed by atoms with Crippen LogP contribution in [0.15, 0.2) is 0 Å². The second-order valence-corrected chi connectivity index (χ2v) is 7.08. The van der Waals surface area contributed by atoms with E-state index in [0.29, 0.717) is 24.5 Å². The number of hydrogen-bond acceptors (Lipinski definition) is 3. The van der Waals surface area contributed by atoms with Gasteiger partial charge in [-0.2, -0.15) is 0 Å². The van der Waals surface area contributed by atoms with Gasteiger partial charge in [-0.1, -0.05) is 33.6 Å². The first-order valence-corrected chi connectivity index (χ1v) is 7.92. The fourth-order valence-corrected chi connectivity index (χ4v) is 3.01. The minimum absolute atomic E-state index is 0.238. The minimum atomic E-state index is -0.389. The Morgan fingerprint density at radius 1 is 1.21 bits per heavy atom. The van der Waals surface area contributed by atoms with Crippen molar-refractivity contribution in [3.63, 3.8) is 0 Å². The summed E-state index contributed by atoms with van der Waals surface area (Å²) < 4.78 is 5.67. The first-order valence-electron chi connectivity index (χ1n) is 7.92. The third-order valence-corrected chi connectivity index (χ3v) is 4.12. The Bertz CT molecular complexity index is 237. The summed E-state index contributed by atoms with van der Waals surface area (Å²) in [5.41, 5.74) is 0.450. The van der Waals surface area contributed by atoms with Crippen molar-refractivity contribution >= 4 is 0 Å². The van der Waals surface area contributed by atoms with Crippen molar-refractivity contribution in [2.24, 2.45) is 11.3 Å². The topological polar surface area (TPSA) is 41.5 Å². The zero-order valence-corrected chi connectivity index (χ0v) is 13.2. The second kappa shape index (κ2) is 8.23. The highest BCUT2D eigenvalue weighted by molar-refractivity contribution is 4.82. The molecule has 2 unspecified atom stereocenters. The minimum Gasteiger partial charge on any atom is -0.389 e. The second-order valence-electron chi connectivity index (χ2n) is 7.08. The molecule has 1 rings (SSSR count). The summed E-state index contributed by atoms with van der Waals surface area (Å²) >= 11 is 0. The van der Waals surface area contributed by atoms with Crippen LogP contribution in [0.25, 0.3) is 0 Å². The molecular weight excluding hydrogens is 238 g/mol. The van der Waals surface area contributed by atoms with Crippen LogP contribution >= 0.6 is 0 Å². The summed E-state index contributed by atoms with van der Waals surface area (Å²) in [5.74, 6) is 0.646. The molecule has 114 valence electrons. The molecule has 1 saturated carbocycles. The monoisotopic (exact) mass is 271 g/mol. The molecule has 3 nitrogen and oxygen atoms in total. The molecule has 2 N–H and O–H groups in total. The van der Waals surface area contributed by atoms with Crippen LogP contribution in [-0.2, 0) is 4.74 Å². The fraction of sp³-hybridized carbons (Fsp3) is 1.00. The van der Waals surface area contributed by atoms with Crippen molar-refractivity contribution < 1.29 is 9.84 Å². The van der Waals surface area contributed by atoms with Crippen molar-refractivity contribution in [1.82, 2.24) is 5.32 Å². The van der Waals surface area contributed by atoms with E-state index in [9.17, 15) is 5.11 Å². The first kappa shape index (κ1) is 16.9. The van der Waals surface area contributed by atoms with Gasteiger partial charge >= 0.3 is 0 Å². The van der Waals surface area contributed by atoms with Crippen molar-refractivity contribution in [3.05, 3.63) is 0 Å². The zero-order chi connectivity index (χ0) is 14.3. The van der Waals surface area contributed by atoms with E-state index in [1.165, 1.54) is 25.7 Å². The maximum absolute atomic E-state index is 9.90. The Morgan fingerprint density at radius 2 is 1.84 bits per heavy atom. The quantitative estimate of drug-likeness (QED) is 0.677. The van der Waals surface area contributed by atoms with Gasteiger partial charge in [0.05, 0.1) is 18.8 Å². The van der Waals surface area contributed by atoms with Crippen LogP contribution in [0, 0.1) is 11.3 Å². The van der Waals surface area contributed by atoms with Gasteiger partial charge in [-0.3, -0.25) is 0 Å². The highest BCUT2D eigenvalue weighted by Crippen LogP contribution is 2.36. The van der Waals surface area contributed by atoms with Crippen molar-refractivity contribution in [2.45, 2.75) is 72.0 Å². The Morgan fingerprint density at radius 3 is 2.42 bits per heavy atom. The molecule has 0 heterocycles. The van der Waals surface area contributed by atoms with Crippen LogP contribution in [0.1, 0.15) is 59.8 Å². The zero-order valence-electron chi connectivity index (χ0n) is 13.2. The molecule has 19 heavy (non-hydrogen) atoms. The average Bonchev–Trinajstić information content (AvgIpc) is 2.73. The molecule has 0 aromatic heterocycles. The molecule has 3 heteroatoms. The molecule has 0 radical (unpaired) electrons. The van der Waals surface area contributed by atoms with E-state index in [2.05, 4.69) is 33.0 Å². The summed E-state index contributed by atoms with van der Waals surface area (Å²) in [6.07, 6.45) is 6.25. The Kier molecular flexibility index (Phi) is 7.33. The van der Waals surface area contributed by atoms with Gasteiger partial charge in [-0.05, 0) is 37.5 Å². The summed E-state index contributed by atoms with van der Waals surface area (Å²) in [6.45, 7) is 10.9. The summed E-state index contributed by atoms with van der Waals surface area (Å²) in [4.78, 5) is 0. The number of rotatable bonds is 9. The van der Waals surface area contributed by atoms with Crippen molar-refractivity contribution in [2.75, 3.05) is 19.7 Å². The van der Waals surface area contributed by atoms with Gasteiger partial charge < -0.3 is 15.2 Å². The first-order chi connectivity index (χ1) is 8.91. The maximum atomic E-state index is 9.90. The molecular formula is C16H33NO2. The van der Waals surface area contributed by atoms with E-state index in [1.54, 1.807) is 0 Å². The van der Waals surface area contributed by atoms with Gasteiger partial charge in [0.1, 0.15) is 0 Å². The van der Waals surface area contributed by atoms with Gasteiger partial charge in [0.25, 0.3) is 0 Å².